The number of urea groups is 1. The molecule has 1 aromatic rings. The molecule has 0 spiro atoms. The first-order chi connectivity index (χ1) is 8.08. The Morgan fingerprint density at radius 2 is 2.29 bits per heavy atom. The van der Waals surface area contributed by atoms with E-state index in [0.29, 0.717) is 11.4 Å². The average Bonchev–Trinajstić information content (AvgIpc) is 2.37. The topological polar surface area (TPSA) is 65.4 Å². The quantitative estimate of drug-likeness (QED) is 0.869. The summed E-state index contributed by atoms with van der Waals surface area (Å²) < 4.78 is 5.05. The fraction of sp³-hybridized carbons (Fsp3) is 0.333. The van der Waals surface area contributed by atoms with Gasteiger partial charge in [-0.1, -0.05) is 6.07 Å². The summed E-state index contributed by atoms with van der Waals surface area (Å²) in [5.74, 6) is 0.666. The molecule has 0 heterocycles. The monoisotopic (exact) mass is 233 g/mol. The standard InChI is InChI=1S/C12H15N3O2/c1-9(8-13)15(2)12(16)14-10-5-4-6-11(7-10)17-3/h4-7,9H,1-3H3,(H,14,16). The zero-order chi connectivity index (χ0) is 12.8. The Labute approximate surface area is 101 Å². The summed E-state index contributed by atoms with van der Waals surface area (Å²) in [6, 6.07) is 8.23. The van der Waals surface area contributed by atoms with Crippen LogP contribution in [0.5, 0.6) is 5.75 Å². The molecule has 0 aromatic heterocycles. The third-order valence-electron chi connectivity index (χ3n) is 2.41. The van der Waals surface area contributed by atoms with Gasteiger partial charge in [0.1, 0.15) is 11.8 Å². The number of nitriles is 1. The number of nitrogens with zero attached hydrogens (tertiary/aromatic N) is 2. The van der Waals surface area contributed by atoms with Crippen molar-refractivity contribution in [3.8, 4) is 11.8 Å². The highest BCUT2D eigenvalue weighted by Gasteiger charge is 2.14. The van der Waals surface area contributed by atoms with Gasteiger partial charge in [-0.15, -0.1) is 0 Å². The van der Waals surface area contributed by atoms with E-state index in [1.165, 1.54) is 4.90 Å². The summed E-state index contributed by atoms with van der Waals surface area (Å²) in [6.45, 7) is 1.66. The van der Waals surface area contributed by atoms with Crippen LogP contribution in [-0.2, 0) is 0 Å². The Morgan fingerprint density at radius 3 is 2.88 bits per heavy atom. The zero-order valence-corrected chi connectivity index (χ0v) is 10.1. The van der Waals surface area contributed by atoms with Gasteiger partial charge in [0.15, 0.2) is 0 Å². The van der Waals surface area contributed by atoms with Gasteiger partial charge in [0.05, 0.1) is 13.2 Å². The Morgan fingerprint density at radius 1 is 1.59 bits per heavy atom. The number of ether oxygens (including phenoxy) is 1. The summed E-state index contributed by atoms with van der Waals surface area (Å²) in [5.41, 5.74) is 0.631. The first-order valence-electron chi connectivity index (χ1n) is 5.16. The Hall–Kier alpha value is -2.22. The maximum atomic E-state index is 11.7. The van der Waals surface area contributed by atoms with Crippen LogP contribution in [-0.4, -0.2) is 31.1 Å². The lowest BCUT2D eigenvalue weighted by molar-refractivity contribution is 0.217. The van der Waals surface area contributed by atoms with Crippen molar-refractivity contribution in [1.29, 1.82) is 5.26 Å². The van der Waals surface area contributed by atoms with Crippen molar-refractivity contribution in [2.24, 2.45) is 0 Å². The van der Waals surface area contributed by atoms with Gasteiger partial charge in [-0.25, -0.2) is 4.79 Å². The number of amides is 2. The molecule has 1 atom stereocenters. The van der Waals surface area contributed by atoms with Crippen molar-refractivity contribution in [1.82, 2.24) is 4.90 Å². The molecule has 0 radical (unpaired) electrons. The Kier molecular flexibility index (Phi) is 4.35. The zero-order valence-electron chi connectivity index (χ0n) is 10.1. The molecule has 0 aliphatic carbocycles. The summed E-state index contributed by atoms with van der Waals surface area (Å²) in [7, 11) is 3.13. The summed E-state index contributed by atoms with van der Waals surface area (Å²) in [4.78, 5) is 13.1. The van der Waals surface area contributed by atoms with Crippen LogP contribution >= 0.6 is 0 Å². The molecule has 1 aromatic carbocycles. The molecule has 0 saturated heterocycles. The maximum absolute atomic E-state index is 11.7. The highest BCUT2D eigenvalue weighted by molar-refractivity contribution is 5.89. The minimum Gasteiger partial charge on any atom is -0.497 e. The van der Waals surface area contributed by atoms with Gasteiger partial charge in [-0.3, -0.25) is 0 Å². The van der Waals surface area contributed by atoms with Crippen LogP contribution in [0.4, 0.5) is 10.5 Å². The molecule has 0 aliphatic rings. The molecule has 0 aliphatic heterocycles. The predicted octanol–water partition coefficient (Wildman–Crippen LogP) is 2.07. The van der Waals surface area contributed by atoms with Crippen LogP contribution in [0, 0.1) is 11.3 Å². The molecular formula is C12H15N3O2. The first-order valence-corrected chi connectivity index (χ1v) is 5.16. The highest BCUT2D eigenvalue weighted by atomic mass is 16.5. The van der Waals surface area contributed by atoms with E-state index >= 15 is 0 Å². The molecule has 0 saturated carbocycles. The molecule has 17 heavy (non-hydrogen) atoms. The number of nitrogens with one attached hydrogen (secondary N) is 1. The second-order valence-electron chi connectivity index (χ2n) is 3.58. The number of carbonyl (C=O) groups is 1. The second-order valence-corrected chi connectivity index (χ2v) is 3.58. The van der Waals surface area contributed by atoms with E-state index in [0.717, 1.165) is 0 Å². The van der Waals surface area contributed by atoms with Crippen molar-refractivity contribution in [3.05, 3.63) is 24.3 Å². The van der Waals surface area contributed by atoms with Crippen LogP contribution in [0.15, 0.2) is 24.3 Å². The number of anilines is 1. The normalized spacial score (nSPS) is 11.2. The fourth-order valence-corrected chi connectivity index (χ4v) is 1.17. The van der Waals surface area contributed by atoms with E-state index in [-0.39, 0.29) is 6.03 Å². The lowest BCUT2D eigenvalue weighted by Crippen LogP contribution is -2.37. The predicted molar refractivity (Wildman–Crippen MR) is 64.9 cm³/mol. The van der Waals surface area contributed by atoms with Crippen molar-refractivity contribution in [3.63, 3.8) is 0 Å². The van der Waals surface area contributed by atoms with Crippen LogP contribution < -0.4 is 10.1 Å². The van der Waals surface area contributed by atoms with E-state index in [4.69, 9.17) is 10.00 Å². The van der Waals surface area contributed by atoms with Gasteiger partial charge in [0, 0.05) is 18.8 Å². The number of benzene rings is 1. The third-order valence-corrected chi connectivity index (χ3v) is 2.41. The Bertz CT molecular complexity index is 440. The summed E-state index contributed by atoms with van der Waals surface area (Å²) in [6.07, 6.45) is 0. The summed E-state index contributed by atoms with van der Waals surface area (Å²) >= 11 is 0. The van der Waals surface area contributed by atoms with Crippen molar-refractivity contribution >= 4 is 11.7 Å². The van der Waals surface area contributed by atoms with E-state index in [9.17, 15) is 4.79 Å². The second kappa shape index (κ2) is 5.75. The summed E-state index contributed by atoms with van der Waals surface area (Å²) in [5, 5.41) is 11.4. The van der Waals surface area contributed by atoms with E-state index in [1.54, 1.807) is 45.3 Å². The van der Waals surface area contributed by atoms with Crippen molar-refractivity contribution < 1.29 is 9.53 Å². The van der Waals surface area contributed by atoms with Gasteiger partial charge in [0.25, 0.3) is 0 Å². The lowest BCUT2D eigenvalue weighted by Gasteiger charge is -2.20. The third kappa shape index (κ3) is 3.38. The molecule has 1 rings (SSSR count). The van der Waals surface area contributed by atoms with Gasteiger partial charge in [-0.05, 0) is 19.1 Å². The Balaban J connectivity index is 2.71. The molecule has 0 bridgehead atoms. The van der Waals surface area contributed by atoms with Crippen LogP contribution in [0.25, 0.3) is 0 Å². The first kappa shape index (κ1) is 12.8. The molecule has 1 unspecified atom stereocenters. The molecule has 90 valence electrons. The number of hydrogen-bond donors (Lipinski definition) is 1. The SMILES string of the molecule is COc1cccc(NC(=O)N(C)C(C)C#N)c1. The van der Waals surface area contributed by atoms with E-state index in [1.807, 2.05) is 6.07 Å². The number of hydrogen-bond acceptors (Lipinski definition) is 3. The molecule has 2 amide bonds. The van der Waals surface area contributed by atoms with Gasteiger partial charge in [0.2, 0.25) is 0 Å². The van der Waals surface area contributed by atoms with Crippen molar-refractivity contribution in [2.75, 3.05) is 19.5 Å². The van der Waals surface area contributed by atoms with E-state index in [2.05, 4.69) is 5.32 Å². The smallest absolute Gasteiger partial charge is 0.322 e. The molecule has 5 nitrogen and oxygen atoms in total. The molecule has 0 fully saturated rings. The number of carbonyl (C=O) groups excluding carboxylic acids is 1. The van der Waals surface area contributed by atoms with Gasteiger partial charge < -0.3 is 15.0 Å². The molecule has 5 heteroatoms. The largest absolute Gasteiger partial charge is 0.497 e. The average molecular weight is 233 g/mol. The van der Waals surface area contributed by atoms with Crippen LogP contribution in [0.3, 0.4) is 0 Å². The van der Waals surface area contributed by atoms with Crippen LogP contribution in [0.1, 0.15) is 6.92 Å². The minimum atomic E-state index is -0.472. The van der Waals surface area contributed by atoms with Crippen molar-refractivity contribution in [2.45, 2.75) is 13.0 Å². The molecular weight excluding hydrogens is 218 g/mol. The highest BCUT2D eigenvalue weighted by Crippen LogP contribution is 2.17. The van der Waals surface area contributed by atoms with E-state index < -0.39 is 6.04 Å². The minimum absolute atomic E-state index is 0.327. The maximum Gasteiger partial charge on any atom is 0.322 e. The lowest BCUT2D eigenvalue weighted by atomic mass is 10.3. The van der Waals surface area contributed by atoms with Crippen LogP contribution in [0.2, 0.25) is 0 Å². The molecule has 1 N–H and O–H groups in total. The fourth-order valence-electron chi connectivity index (χ4n) is 1.17. The number of methoxy groups -OCH3 is 1. The number of rotatable bonds is 3. The van der Waals surface area contributed by atoms with Gasteiger partial charge >= 0.3 is 6.03 Å². The van der Waals surface area contributed by atoms with Gasteiger partial charge in [-0.2, -0.15) is 5.26 Å².